The van der Waals surface area contributed by atoms with Gasteiger partial charge in [-0.1, -0.05) is 13.8 Å². The number of nitrogens with one attached hydrogen (secondary N) is 2. The van der Waals surface area contributed by atoms with E-state index in [0.717, 1.165) is 32.5 Å². The lowest BCUT2D eigenvalue weighted by Crippen LogP contribution is -2.42. The summed E-state index contributed by atoms with van der Waals surface area (Å²) in [4.78, 5) is 11.7. The molecule has 0 aromatic heterocycles. The first-order valence-electron chi connectivity index (χ1n) is 9.68. The largest absolute Gasteiger partial charge is 0.463 e. The van der Waals surface area contributed by atoms with Crippen molar-refractivity contribution >= 4 is 5.97 Å². The van der Waals surface area contributed by atoms with Gasteiger partial charge in [0.25, 0.3) is 0 Å². The van der Waals surface area contributed by atoms with E-state index < -0.39 is 0 Å². The Kier molecular flexibility index (Phi) is 11.6. The Balaban J connectivity index is 3.78. The van der Waals surface area contributed by atoms with Gasteiger partial charge in [0.05, 0.1) is 19.3 Å². The van der Waals surface area contributed by atoms with Crippen LogP contribution in [0, 0.1) is 5.92 Å². The summed E-state index contributed by atoms with van der Waals surface area (Å²) >= 11 is 0. The smallest absolute Gasteiger partial charge is 0.306 e. The molecule has 0 fully saturated rings. The minimum atomic E-state index is -0.0921. The Morgan fingerprint density at radius 1 is 0.960 bits per heavy atom. The van der Waals surface area contributed by atoms with Crippen LogP contribution in [-0.2, 0) is 14.3 Å². The summed E-state index contributed by atoms with van der Waals surface area (Å²) in [7, 11) is 0. The monoisotopic (exact) mass is 358 g/mol. The molecule has 0 aromatic rings. The van der Waals surface area contributed by atoms with Crippen molar-refractivity contribution in [1.82, 2.24) is 10.6 Å². The second kappa shape index (κ2) is 11.9. The molecular weight excluding hydrogens is 316 g/mol. The topological polar surface area (TPSA) is 59.6 Å². The van der Waals surface area contributed by atoms with Gasteiger partial charge >= 0.3 is 5.97 Å². The van der Waals surface area contributed by atoms with Gasteiger partial charge < -0.3 is 20.1 Å². The number of hydrogen-bond donors (Lipinski definition) is 2. The molecule has 150 valence electrons. The fourth-order valence-electron chi connectivity index (χ4n) is 2.38. The zero-order chi connectivity index (χ0) is 19.5. The van der Waals surface area contributed by atoms with Crippen LogP contribution in [0.15, 0.2) is 0 Å². The Labute approximate surface area is 155 Å². The van der Waals surface area contributed by atoms with Crippen molar-refractivity contribution in [2.75, 3.05) is 26.3 Å². The highest BCUT2D eigenvalue weighted by atomic mass is 16.5. The number of esters is 1. The van der Waals surface area contributed by atoms with Gasteiger partial charge in [-0.2, -0.15) is 0 Å². The van der Waals surface area contributed by atoms with E-state index >= 15 is 0 Å². The summed E-state index contributed by atoms with van der Waals surface area (Å²) < 4.78 is 11.1. The highest BCUT2D eigenvalue weighted by molar-refractivity contribution is 5.69. The summed E-state index contributed by atoms with van der Waals surface area (Å²) in [6, 6.07) is 0. The molecule has 2 N–H and O–H groups in total. The first kappa shape index (κ1) is 24.4. The third-order valence-corrected chi connectivity index (χ3v) is 3.84. The van der Waals surface area contributed by atoms with Crippen LogP contribution in [0.2, 0.25) is 0 Å². The molecule has 0 saturated heterocycles. The van der Waals surface area contributed by atoms with Gasteiger partial charge in [0, 0.05) is 30.6 Å². The van der Waals surface area contributed by atoms with Crippen LogP contribution in [0.25, 0.3) is 0 Å². The van der Waals surface area contributed by atoms with Gasteiger partial charge in [-0.15, -0.1) is 0 Å². The van der Waals surface area contributed by atoms with E-state index in [1.807, 2.05) is 20.8 Å². The molecule has 0 aliphatic heterocycles. The van der Waals surface area contributed by atoms with Crippen LogP contribution in [0.1, 0.15) is 74.7 Å². The minimum absolute atomic E-state index is 0.00569. The van der Waals surface area contributed by atoms with Gasteiger partial charge in [-0.3, -0.25) is 4.79 Å². The molecule has 5 heteroatoms. The van der Waals surface area contributed by atoms with Gasteiger partial charge in [-0.25, -0.2) is 0 Å². The summed E-state index contributed by atoms with van der Waals surface area (Å²) in [5.74, 6) is 0.252. The van der Waals surface area contributed by atoms with Crippen molar-refractivity contribution in [3.05, 3.63) is 0 Å². The average Bonchev–Trinajstić information content (AvgIpc) is 2.42. The summed E-state index contributed by atoms with van der Waals surface area (Å²) in [6.45, 7) is 20.0. The molecule has 5 nitrogen and oxygen atoms in total. The predicted molar refractivity (Wildman–Crippen MR) is 105 cm³/mol. The lowest BCUT2D eigenvalue weighted by Gasteiger charge is -2.28. The molecule has 0 saturated carbocycles. The standard InChI is InChI=1S/C20H42N2O3/c1-16(2)15-18(23)25-17(3)9-10-20(7,8)22-12-14-24-13-11-21-19(4,5)6/h16-17,21-22H,9-15H2,1-8H3. The third kappa shape index (κ3) is 16.6. The van der Waals surface area contributed by atoms with E-state index in [0.29, 0.717) is 18.9 Å². The average molecular weight is 359 g/mol. The maximum absolute atomic E-state index is 11.7. The molecule has 25 heavy (non-hydrogen) atoms. The summed E-state index contributed by atoms with van der Waals surface area (Å²) in [5.41, 5.74) is 0.144. The molecule has 0 spiro atoms. The van der Waals surface area contributed by atoms with Crippen molar-refractivity contribution in [3.63, 3.8) is 0 Å². The molecule has 0 bridgehead atoms. The third-order valence-electron chi connectivity index (χ3n) is 3.84. The van der Waals surface area contributed by atoms with Crippen molar-refractivity contribution in [2.24, 2.45) is 5.92 Å². The SMILES string of the molecule is CC(C)CC(=O)OC(C)CCC(C)(C)NCCOCCNC(C)(C)C. The first-order chi connectivity index (χ1) is 11.4. The Morgan fingerprint density at radius 2 is 1.52 bits per heavy atom. The number of carbonyl (C=O) groups excluding carboxylic acids is 1. The van der Waals surface area contributed by atoms with Crippen LogP contribution in [0.4, 0.5) is 0 Å². The Bertz CT molecular complexity index is 362. The maximum atomic E-state index is 11.7. The molecule has 0 heterocycles. The second-order valence-electron chi connectivity index (χ2n) is 9.04. The first-order valence-corrected chi connectivity index (χ1v) is 9.68. The molecule has 0 radical (unpaired) electrons. The van der Waals surface area contributed by atoms with Crippen molar-refractivity contribution in [2.45, 2.75) is 91.8 Å². The van der Waals surface area contributed by atoms with Gasteiger partial charge in [-0.05, 0) is 60.3 Å². The summed E-state index contributed by atoms with van der Waals surface area (Å²) in [6.07, 6.45) is 2.27. The molecule has 0 amide bonds. The predicted octanol–water partition coefficient (Wildman–Crippen LogP) is 3.52. The zero-order valence-corrected chi connectivity index (χ0v) is 17.8. The maximum Gasteiger partial charge on any atom is 0.306 e. The summed E-state index contributed by atoms with van der Waals surface area (Å²) in [5, 5.41) is 6.92. The van der Waals surface area contributed by atoms with E-state index in [1.165, 1.54) is 0 Å². The van der Waals surface area contributed by atoms with E-state index in [9.17, 15) is 4.79 Å². The second-order valence-corrected chi connectivity index (χ2v) is 9.04. The highest BCUT2D eigenvalue weighted by Crippen LogP contribution is 2.15. The molecule has 0 rings (SSSR count). The van der Waals surface area contributed by atoms with Gasteiger partial charge in [0.2, 0.25) is 0 Å². The lowest BCUT2D eigenvalue weighted by atomic mass is 9.96. The fraction of sp³-hybridized carbons (Fsp3) is 0.950. The van der Waals surface area contributed by atoms with Gasteiger partial charge in [0.15, 0.2) is 0 Å². The van der Waals surface area contributed by atoms with Crippen molar-refractivity contribution in [1.29, 1.82) is 0 Å². The van der Waals surface area contributed by atoms with Gasteiger partial charge in [0.1, 0.15) is 0 Å². The minimum Gasteiger partial charge on any atom is -0.463 e. The molecule has 1 unspecified atom stereocenters. The van der Waals surface area contributed by atoms with Crippen molar-refractivity contribution in [3.8, 4) is 0 Å². The van der Waals surface area contributed by atoms with E-state index in [4.69, 9.17) is 9.47 Å². The molecule has 0 aromatic carbocycles. The molecule has 0 aliphatic carbocycles. The number of ether oxygens (including phenoxy) is 2. The number of hydrogen-bond acceptors (Lipinski definition) is 5. The van der Waals surface area contributed by atoms with E-state index in [2.05, 4.69) is 45.3 Å². The molecule has 0 aliphatic rings. The number of carbonyl (C=O) groups is 1. The molecular formula is C20H42N2O3. The van der Waals surface area contributed by atoms with E-state index in [1.54, 1.807) is 0 Å². The van der Waals surface area contributed by atoms with Crippen LogP contribution in [0.3, 0.4) is 0 Å². The molecule has 1 atom stereocenters. The number of rotatable bonds is 13. The van der Waals surface area contributed by atoms with Crippen LogP contribution < -0.4 is 10.6 Å². The van der Waals surface area contributed by atoms with Crippen LogP contribution in [0.5, 0.6) is 0 Å². The van der Waals surface area contributed by atoms with Crippen LogP contribution in [-0.4, -0.2) is 49.5 Å². The zero-order valence-electron chi connectivity index (χ0n) is 17.8. The quantitative estimate of drug-likeness (QED) is 0.390. The normalized spacial score (nSPS) is 14.0. The lowest BCUT2D eigenvalue weighted by molar-refractivity contribution is -0.149. The van der Waals surface area contributed by atoms with Crippen molar-refractivity contribution < 1.29 is 14.3 Å². The fourth-order valence-corrected chi connectivity index (χ4v) is 2.38. The van der Waals surface area contributed by atoms with Crippen LogP contribution >= 0.6 is 0 Å². The Morgan fingerprint density at radius 3 is 2.04 bits per heavy atom. The highest BCUT2D eigenvalue weighted by Gasteiger charge is 2.19. The van der Waals surface area contributed by atoms with E-state index in [-0.39, 0.29) is 23.2 Å². The Hall–Kier alpha value is -0.650.